The van der Waals surface area contributed by atoms with Gasteiger partial charge >= 0.3 is 6.18 Å². The third-order valence-electron chi connectivity index (χ3n) is 7.06. The Hall–Kier alpha value is -2.72. The summed E-state index contributed by atoms with van der Waals surface area (Å²) in [7, 11) is 0. The first-order valence-corrected chi connectivity index (χ1v) is 13.4. The van der Waals surface area contributed by atoms with Crippen molar-refractivity contribution in [3.8, 4) is 0 Å². The highest BCUT2D eigenvalue weighted by molar-refractivity contribution is 7.13. The van der Waals surface area contributed by atoms with Crippen molar-refractivity contribution in [1.82, 2.24) is 20.1 Å². The largest absolute Gasteiger partial charge is 0.418 e. The second kappa shape index (κ2) is 10.7. The first-order chi connectivity index (χ1) is 17.4. The summed E-state index contributed by atoms with van der Waals surface area (Å²) >= 11 is 1.48. The van der Waals surface area contributed by atoms with Gasteiger partial charge in [-0.1, -0.05) is 24.3 Å². The van der Waals surface area contributed by atoms with Gasteiger partial charge in [-0.3, -0.25) is 9.88 Å². The molecule has 0 bridgehead atoms. The Morgan fingerprint density at radius 1 is 1.17 bits per heavy atom. The van der Waals surface area contributed by atoms with Gasteiger partial charge in [-0.2, -0.15) is 13.2 Å². The second-order valence-electron chi connectivity index (χ2n) is 9.90. The molecule has 36 heavy (non-hydrogen) atoms. The van der Waals surface area contributed by atoms with E-state index in [9.17, 15) is 13.2 Å². The summed E-state index contributed by atoms with van der Waals surface area (Å²) in [4.78, 5) is 8.66. The second-order valence-corrected chi connectivity index (χ2v) is 10.7. The summed E-state index contributed by atoms with van der Waals surface area (Å²) in [5, 5.41) is 12.2. The SMILES string of the molecule is C[C@H]1CCCN(Cc2cnc(CNc3cccc(N(c4nncs4)C4CCC4)c3)c(C(F)(F)F)c2)C1. The minimum Gasteiger partial charge on any atom is -0.379 e. The molecule has 1 aliphatic carbocycles. The van der Waals surface area contributed by atoms with Crippen LogP contribution in [0, 0.1) is 5.92 Å². The van der Waals surface area contributed by atoms with E-state index < -0.39 is 11.7 Å². The maximum absolute atomic E-state index is 14.0. The van der Waals surface area contributed by atoms with Crippen LogP contribution >= 0.6 is 11.3 Å². The Bertz CT molecular complexity index is 1150. The molecule has 2 aliphatic rings. The number of rotatable bonds is 8. The van der Waals surface area contributed by atoms with Crippen LogP contribution in [-0.2, 0) is 19.3 Å². The smallest absolute Gasteiger partial charge is 0.379 e. The Kier molecular flexibility index (Phi) is 7.43. The average Bonchev–Trinajstić information content (AvgIpc) is 3.34. The molecule has 0 spiro atoms. The number of hydrogen-bond acceptors (Lipinski definition) is 7. The van der Waals surface area contributed by atoms with E-state index in [1.165, 1.54) is 30.2 Å². The van der Waals surface area contributed by atoms with E-state index in [1.54, 1.807) is 11.7 Å². The van der Waals surface area contributed by atoms with Gasteiger partial charge < -0.3 is 10.2 Å². The number of nitrogens with one attached hydrogen (secondary N) is 1. The molecule has 2 aromatic heterocycles. The fourth-order valence-electron chi connectivity index (χ4n) is 5.04. The molecule has 192 valence electrons. The normalized spacial score (nSPS) is 19.2. The van der Waals surface area contributed by atoms with Crippen LogP contribution in [0.15, 0.2) is 42.0 Å². The van der Waals surface area contributed by atoms with Crippen LogP contribution in [0.25, 0.3) is 0 Å². The predicted molar refractivity (Wildman–Crippen MR) is 136 cm³/mol. The van der Waals surface area contributed by atoms with E-state index in [-0.39, 0.29) is 12.2 Å². The lowest BCUT2D eigenvalue weighted by Gasteiger charge is -2.37. The van der Waals surface area contributed by atoms with E-state index in [2.05, 4.69) is 37.2 Å². The molecule has 1 saturated carbocycles. The highest BCUT2D eigenvalue weighted by Crippen LogP contribution is 2.38. The average molecular weight is 517 g/mol. The zero-order valence-electron chi connectivity index (χ0n) is 20.3. The van der Waals surface area contributed by atoms with Crippen LogP contribution in [0.1, 0.15) is 55.8 Å². The fourth-order valence-corrected chi connectivity index (χ4v) is 5.69. The maximum Gasteiger partial charge on any atom is 0.418 e. The number of benzene rings is 1. The molecular weight excluding hydrogens is 485 g/mol. The van der Waals surface area contributed by atoms with Crippen molar-refractivity contribution in [2.45, 2.75) is 64.3 Å². The lowest BCUT2D eigenvalue weighted by atomic mass is 9.91. The van der Waals surface area contributed by atoms with Crippen molar-refractivity contribution in [3.63, 3.8) is 0 Å². The van der Waals surface area contributed by atoms with E-state index in [4.69, 9.17) is 0 Å². The van der Waals surface area contributed by atoms with Crippen molar-refractivity contribution < 1.29 is 13.2 Å². The highest BCUT2D eigenvalue weighted by Gasteiger charge is 2.35. The number of piperidine rings is 1. The Morgan fingerprint density at radius 2 is 2.03 bits per heavy atom. The van der Waals surface area contributed by atoms with Gasteiger partial charge in [0.05, 0.1) is 17.8 Å². The van der Waals surface area contributed by atoms with Crippen molar-refractivity contribution in [2.75, 3.05) is 23.3 Å². The molecule has 0 radical (unpaired) electrons. The van der Waals surface area contributed by atoms with Gasteiger partial charge in [-0.05, 0) is 74.4 Å². The molecule has 10 heteroatoms. The molecular formula is C26H31F3N6S. The molecule has 1 aliphatic heterocycles. The molecule has 6 nitrogen and oxygen atoms in total. The van der Waals surface area contributed by atoms with Gasteiger partial charge in [0.15, 0.2) is 0 Å². The zero-order valence-corrected chi connectivity index (χ0v) is 21.2. The maximum atomic E-state index is 14.0. The number of halogens is 3. The van der Waals surface area contributed by atoms with Gasteiger partial charge in [-0.25, -0.2) is 0 Å². The van der Waals surface area contributed by atoms with Gasteiger partial charge in [-0.15, -0.1) is 10.2 Å². The van der Waals surface area contributed by atoms with Crippen LogP contribution in [0.2, 0.25) is 0 Å². The number of hydrogen-bond donors (Lipinski definition) is 1. The summed E-state index contributed by atoms with van der Waals surface area (Å²) < 4.78 is 41.9. The molecule has 2 fully saturated rings. The minimum absolute atomic E-state index is 0.00337. The zero-order chi connectivity index (χ0) is 25.1. The lowest BCUT2D eigenvalue weighted by molar-refractivity contribution is -0.138. The number of pyridine rings is 1. The van der Waals surface area contributed by atoms with Crippen molar-refractivity contribution >= 4 is 27.8 Å². The van der Waals surface area contributed by atoms with Crippen LogP contribution < -0.4 is 10.2 Å². The monoisotopic (exact) mass is 516 g/mol. The first-order valence-electron chi connectivity index (χ1n) is 12.5. The Balaban J connectivity index is 1.32. The van der Waals surface area contributed by atoms with Crippen molar-refractivity contribution in [3.05, 3.63) is 58.9 Å². The molecule has 3 heterocycles. The Morgan fingerprint density at radius 3 is 2.72 bits per heavy atom. The summed E-state index contributed by atoms with van der Waals surface area (Å²) in [6.07, 6.45) is 2.73. The highest BCUT2D eigenvalue weighted by atomic mass is 32.1. The van der Waals surface area contributed by atoms with Crippen LogP contribution in [-0.4, -0.2) is 39.2 Å². The van der Waals surface area contributed by atoms with Gasteiger partial charge in [0, 0.05) is 36.7 Å². The van der Waals surface area contributed by atoms with Gasteiger partial charge in [0.25, 0.3) is 0 Å². The molecule has 1 saturated heterocycles. The third kappa shape index (κ3) is 5.81. The molecule has 1 aromatic carbocycles. The number of nitrogens with zero attached hydrogens (tertiary/aromatic N) is 5. The van der Waals surface area contributed by atoms with E-state index in [0.29, 0.717) is 24.1 Å². The van der Waals surface area contributed by atoms with Gasteiger partial charge in [0.1, 0.15) is 5.51 Å². The topological polar surface area (TPSA) is 57.2 Å². The van der Waals surface area contributed by atoms with Crippen LogP contribution in [0.5, 0.6) is 0 Å². The van der Waals surface area contributed by atoms with Gasteiger partial charge in [0.2, 0.25) is 5.13 Å². The molecule has 5 rings (SSSR count). The van der Waals surface area contributed by atoms with Crippen LogP contribution in [0.4, 0.5) is 29.7 Å². The summed E-state index contributed by atoms with van der Waals surface area (Å²) in [6.45, 7) is 4.51. The fraction of sp³-hybridized carbons (Fsp3) is 0.500. The van der Waals surface area contributed by atoms with E-state index in [0.717, 1.165) is 48.9 Å². The van der Waals surface area contributed by atoms with E-state index in [1.807, 2.05) is 24.3 Å². The first kappa shape index (κ1) is 25.0. The third-order valence-corrected chi connectivity index (χ3v) is 7.75. The Labute approximate surface area is 213 Å². The summed E-state index contributed by atoms with van der Waals surface area (Å²) in [5.41, 5.74) is 3.35. The molecule has 1 N–H and O–H groups in total. The number of likely N-dealkylation sites (tertiary alicyclic amines) is 1. The van der Waals surface area contributed by atoms with E-state index >= 15 is 0 Å². The quantitative estimate of drug-likeness (QED) is 0.370. The number of aromatic nitrogens is 3. The van der Waals surface area contributed by atoms with Crippen LogP contribution in [0.3, 0.4) is 0 Å². The van der Waals surface area contributed by atoms with Crippen molar-refractivity contribution in [2.24, 2.45) is 5.92 Å². The minimum atomic E-state index is -4.46. The van der Waals surface area contributed by atoms with Crippen molar-refractivity contribution in [1.29, 1.82) is 0 Å². The molecule has 3 aromatic rings. The molecule has 0 amide bonds. The number of anilines is 3. The number of alkyl halides is 3. The predicted octanol–water partition coefficient (Wildman–Crippen LogP) is 6.49. The lowest BCUT2D eigenvalue weighted by Crippen LogP contribution is -2.36. The summed E-state index contributed by atoms with van der Waals surface area (Å²) in [5.74, 6) is 0.570. The molecule has 1 atom stereocenters. The molecule has 0 unspecified atom stereocenters. The standard InChI is InChI=1S/C26H31F3N6S/c1-18-5-4-10-34(15-18)16-19-11-23(26(27,28)29)24(31-13-19)14-30-20-6-2-9-22(12-20)35(21-7-3-8-21)25-33-32-17-36-25/h2,6,9,11-13,17-18,21,30H,3-5,7-8,10,14-16H2,1H3/t18-/m0/s1. The summed E-state index contributed by atoms with van der Waals surface area (Å²) in [6, 6.07) is 9.36.